The van der Waals surface area contributed by atoms with E-state index in [1.165, 1.54) is 6.07 Å². The number of nitrogens with one attached hydrogen (secondary N) is 1. The van der Waals surface area contributed by atoms with Crippen molar-refractivity contribution in [3.05, 3.63) is 23.3 Å². The minimum absolute atomic E-state index is 0.0907. The highest BCUT2D eigenvalue weighted by Crippen LogP contribution is 2.36. The summed E-state index contributed by atoms with van der Waals surface area (Å²) in [7, 11) is -1.31. The second-order valence-corrected chi connectivity index (χ2v) is 4.91. The van der Waals surface area contributed by atoms with E-state index in [1.807, 2.05) is 0 Å². The Morgan fingerprint density at radius 2 is 2.18 bits per heavy atom. The summed E-state index contributed by atoms with van der Waals surface area (Å²) in [5.41, 5.74) is 0.492. The largest absolute Gasteiger partial charge is 0.547 e. The zero-order valence-corrected chi connectivity index (χ0v) is 12.5. The Labute approximate surface area is 128 Å². The van der Waals surface area contributed by atoms with E-state index in [9.17, 15) is 19.7 Å². The van der Waals surface area contributed by atoms with Crippen molar-refractivity contribution in [3.8, 4) is 11.5 Å². The number of rotatable bonds is 4. The molecule has 8 heteroatoms. The standard InChI is InChI=1S/C14H18BNO6/c1-3-11(18)16-10-7-8-5-6-9(17)12(14(19)21-4-2)13(8)22-15(10)20/h5-6,10,17,20H,3-4,7H2,1-2H3,(H,16,18)/t10-/m0/s1. The number of carbonyl (C=O) groups excluding carboxylic acids is 2. The van der Waals surface area contributed by atoms with Crippen LogP contribution < -0.4 is 9.97 Å². The third kappa shape index (κ3) is 3.17. The van der Waals surface area contributed by atoms with E-state index < -0.39 is 19.0 Å². The molecule has 3 N–H and O–H groups in total. The average Bonchev–Trinajstić information content (AvgIpc) is 2.48. The third-order valence-corrected chi connectivity index (χ3v) is 3.39. The van der Waals surface area contributed by atoms with Crippen LogP contribution in [0.4, 0.5) is 0 Å². The number of amides is 1. The van der Waals surface area contributed by atoms with E-state index >= 15 is 0 Å². The molecule has 0 saturated heterocycles. The van der Waals surface area contributed by atoms with Crippen molar-refractivity contribution in [3.63, 3.8) is 0 Å². The number of esters is 1. The van der Waals surface area contributed by atoms with Gasteiger partial charge < -0.3 is 24.8 Å². The number of aromatic hydroxyl groups is 1. The highest BCUT2D eigenvalue weighted by Gasteiger charge is 2.38. The average molecular weight is 307 g/mol. The van der Waals surface area contributed by atoms with Gasteiger partial charge in [-0.15, -0.1) is 0 Å². The number of carbonyl (C=O) groups is 2. The van der Waals surface area contributed by atoms with Gasteiger partial charge in [-0.2, -0.15) is 0 Å². The van der Waals surface area contributed by atoms with Crippen LogP contribution in [0.15, 0.2) is 12.1 Å². The number of hydrogen-bond acceptors (Lipinski definition) is 6. The highest BCUT2D eigenvalue weighted by atomic mass is 16.5. The Hall–Kier alpha value is -2.22. The predicted molar refractivity (Wildman–Crippen MR) is 78.6 cm³/mol. The molecular weight excluding hydrogens is 289 g/mol. The first-order chi connectivity index (χ1) is 10.5. The van der Waals surface area contributed by atoms with Crippen LogP contribution in [0.25, 0.3) is 0 Å². The molecule has 0 bridgehead atoms. The smallest absolute Gasteiger partial charge is 0.534 e. The Morgan fingerprint density at radius 3 is 2.82 bits per heavy atom. The summed E-state index contributed by atoms with van der Waals surface area (Å²) < 4.78 is 10.2. The molecule has 0 unspecified atom stereocenters. The fourth-order valence-electron chi connectivity index (χ4n) is 2.28. The van der Waals surface area contributed by atoms with Gasteiger partial charge in [-0.1, -0.05) is 13.0 Å². The first kappa shape index (κ1) is 16.2. The molecule has 1 aromatic rings. The molecule has 118 valence electrons. The van der Waals surface area contributed by atoms with Crippen LogP contribution >= 0.6 is 0 Å². The fraction of sp³-hybridized carbons (Fsp3) is 0.429. The van der Waals surface area contributed by atoms with Crippen molar-refractivity contribution in [1.82, 2.24) is 5.32 Å². The fourth-order valence-corrected chi connectivity index (χ4v) is 2.28. The maximum absolute atomic E-state index is 11.9. The molecule has 2 rings (SSSR count). The maximum Gasteiger partial charge on any atom is 0.547 e. The predicted octanol–water partition coefficient (Wildman–Crippen LogP) is 0.418. The Morgan fingerprint density at radius 1 is 1.45 bits per heavy atom. The zero-order chi connectivity index (χ0) is 16.3. The summed E-state index contributed by atoms with van der Waals surface area (Å²) in [6.45, 7) is 3.51. The van der Waals surface area contributed by atoms with Crippen LogP contribution in [0.2, 0.25) is 0 Å². The van der Waals surface area contributed by atoms with Gasteiger partial charge >= 0.3 is 13.1 Å². The molecule has 1 atom stereocenters. The molecule has 0 aliphatic carbocycles. The molecule has 1 aliphatic rings. The number of benzene rings is 1. The van der Waals surface area contributed by atoms with Gasteiger partial charge in [0.25, 0.3) is 0 Å². The SMILES string of the molecule is CCOC(=O)c1c(O)ccc2c1OB(O)[C@@H](NC(=O)CC)C2. The molecule has 7 nitrogen and oxygen atoms in total. The lowest BCUT2D eigenvalue weighted by Gasteiger charge is -2.29. The molecule has 0 spiro atoms. The van der Waals surface area contributed by atoms with Crippen molar-refractivity contribution < 1.29 is 29.1 Å². The van der Waals surface area contributed by atoms with Crippen molar-refractivity contribution in [1.29, 1.82) is 0 Å². The molecular formula is C14H18BNO6. The van der Waals surface area contributed by atoms with Gasteiger partial charge in [0, 0.05) is 6.42 Å². The van der Waals surface area contributed by atoms with E-state index in [2.05, 4.69) is 5.32 Å². The molecule has 0 saturated carbocycles. The number of hydrogen-bond donors (Lipinski definition) is 3. The zero-order valence-electron chi connectivity index (χ0n) is 12.5. The number of fused-ring (bicyclic) bond motifs is 1. The third-order valence-electron chi connectivity index (χ3n) is 3.39. The van der Waals surface area contributed by atoms with Crippen molar-refractivity contribution in [2.75, 3.05) is 6.61 Å². The molecule has 0 fully saturated rings. The van der Waals surface area contributed by atoms with Gasteiger partial charge in [-0.3, -0.25) is 4.79 Å². The number of phenolic OH excluding ortho intramolecular Hbond substituents is 1. The van der Waals surface area contributed by atoms with Gasteiger partial charge in [0.15, 0.2) is 0 Å². The van der Waals surface area contributed by atoms with E-state index in [1.54, 1.807) is 19.9 Å². The molecule has 22 heavy (non-hydrogen) atoms. The van der Waals surface area contributed by atoms with Crippen molar-refractivity contribution in [2.45, 2.75) is 32.6 Å². The van der Waals surface area contributed by atoms with Crippen LogP contribution in [-0.4, -0.2) is 41.7 Å². The molecule has 1 heterocycles. The minimum atomic E-state index is -1.31. The van der Waals surface area contributed by atoms with Gasteiger partial charge in [0.2, 0.25) is 5.91 Å². The minimum Gasteiger partial charge on any atom is -0.534 e. The topological polar surface area (TPSA) is 105 Å². The summed E-state index contributed by atoms with van der Waals surface area (Å²) >= 11 is 0. The lowest BCUT2D eigenvalue weighted by molar-refractivity contribution is -0.121. The Bertz CT molecular complexity index is 591. The Balaban J connectivity index is 2.32. The lowest BCUT2D eigenvalue weighted by atomic mass is 9.72. The van der Waals surface area contributed by atoms with Crippen LogP contribution in [0.3, 0.4) is 0 Å². The summed E-state index contributed by atoms with van der Waals surface area (Å²) in [6.07, 6.45) is 0.578. The summed E-state index contributed by atoms with van der Waals surface area (Å²) in [4.78, 5) is 23.4. The highest BCUT2D eigenvalue weighted by molar-refractivity contribution is 6.47. The van der Waals surface area contributed by atoms with E-state index in [4.69, 9.17) is 9.39 Å². The summed E-state index contributed by atoms with van der Waals surface area (Å²) in [5, 5.41) is 22.5. The van der Waals surface area contributed by atoms with E-state index in [-0.39, 0.29) is 36.0 Å². The normalized spacial score (nSPS) is 16.5. The van der Waals surface area contributed by atoms with Crippen molar-refractivity contribution in [2.24, 2.45) is 0 Å². The van der Waals surface area contributed by atoms with Crippen LogP contribution in [0.5, 0.6) is 11.5 Å². The van der Waals surface area contributed by atoms with Crippen molar-refractivity contribution >= 4 is 19.0 Å². The van der Waals surface area contributed by atoms with Crippen LogP contribution in [-0.2, 0) is 16.0 Å². The van der Waals surface area contributed by atoms with Gasteiger partial charge in [0.1, 0.15) is 17.1 Å². The van der Waals surface area contributed by atoms with Gasteiger partial charge in [0.05, 0.1) is 12.5 Å². The summed E-state index contributed by atoms with van der Waals surface area (Å²) in [5.74, 6) is -1.73. The molecule has 1 aromatic carbocycles. The molecule has 0 radical (unpaired) electrons. The first-order valence-corrected chi connectivity index (χ1v) is 7.13. The quantitative estimate of drug-likeness (QED) is 0.550. The second kappa shape index (κ2) is 6.70. The van der Waals surface area contributed by atoms with Crippen LogP contribution in [0, 0.1) is 0 Å². The second-order valence-electron chi connectivity index (χ2n) is 4.91. The van der Waals surface area contributed by atoms with Gasteiger partial charge in [-0.25, -0.2) is 4.79 Å². The molecule has 1 amide bonds. The number of phenols is 1. The van der Waals surface area contributed by atoms with E-state index in [0.29, 0.717) is 12.0 Å². The molecule has 1 aliphatic heterocycles. The maximum atomic E-state index is 11.9. The van der Waals surface area contributed by atoms with Crippen LogP contribution in [0.1, 0.15) is 36.2 Å². The Kier molecular flexibility index (Phi) is 4.92. The number of ether oxygens (including phenoxy) is 1. The lowest BCUT2D eigenvalue weighted by Crippen LogP contribution is -2.53. The first-order valence-electron chi connectivity index (χ1n) is 7.13. The monoisotopic (exact) mass is 307 g/mol. The molecule has 0 aromatic heterocycles. The van der Waals surface area contributed by atoms with Gasteiger partial charge in [-0.05, 0) is 25.0 Å². The van der Waals surface area contributed by atoms with E-state index in [0.717, 1.165) is 0 Å². The summed E-state index contributed by atoms with van der Waals surface area (Å²) in [6, 6.07) is 2.95.